The number of halogens is 1. The topological polar surface area (TPSA) is 172 Å². The number of hydrogen-bond acceptors (Lipinski definition) is 10. The SMILES string of the molecule is O=C1CCC(O)(N2Cc3c(NCc4c(O)c(O)c(CO)c(CN5CCOCC5)c4F)cccc3C2=O)C(=O)N1. The van der Waals surface area contributed by atoms with Crippen molar-refractivity contribution in [3.63, 3.8) is 0 Å². The van der Waals surface area contributed by atoms with Crippen LogP contribution in [0.3, 0.4) is 0 Å². The van der Waals surface area contributed by atoms with Crippen LogP contribution in [0.4, 0.5) is 10.1 Å². The minimum atomic E-state index is -2.20. The number of fused-ring (bicyclic) bond motifs is 1. The number of rotatable bonds is 7. The molecular formula is C26H29FN4O8. The van der Waals surface area contributed by atoms with E-state index in [2.05, 4.69) is 10.6 Å². The molecule has 0 aromatic heterocycles. The van der Waals surface area contributed by atoms with E-state index in [-0.39, 0.29) is 54.7 Å². The Balaban J connectivity index is 1.41. The minimum absolute atomic E-state index is 0.0613. The second-order valence-corrected chi connectivity index (χ2v) is 9.76. The molecule has 0 aliphatic carbocycles. The lowest BCUT2D eigenvalue weighted by Crippen LogP contribution is -2.63. The van der Waals surface area contributed by atoms with Gasteiger partial charge in [0.05, 0.1) is 31.9 Å². The molecule has 2 aromatic rings. The zero-order valence-corrected chi connectivity index (χ0v) is 21.0. The van der Waals surface area contributed by atoms with E-state index in [4.69, 9.17) is 4.74 Å². The maximum Gasteiger partial charge on any atom is 0.279 e. The number of aliphatic hydroxyl groups excluding tert-OH is 1. The molecule has 5 rings (SSSR count). The normalized spacial score (nSPS) is 21.7. The number of imide groups is 1. The molecule has 1 atom stereocenters. The fourth-order valence-corrected chi connectivity index (χ4v) is 5.26. The number of aromatic hydroxyl groups is 2. The standard InChI is InChI=1S/C26H29FN4O8/c27-21-15(22(34)23(35)18(13-32)17(21)11-30-6-8-39-9-7-30)10-28-19-3-1-2-14-16(19)12-31(24(14)36)26(38)5-4-20(33)29-25(26)37/h1-3,28,32,34-35,38H,4-13H2,(H,29,33,37). The maximum absolute atomic E-state index is 15.7. The van der Waals surface area contributed by atoms with Gasteiger partial charge in [-0.2, -0.15) is 0 Å². The number of aliphatic hydroxyl groups is 2. The number of phenols is 2. The molecule has 2 fully saturated rings. The summed E-state index contributed by atoms with van der Waals surface area (Å²) in [6.45, 7) is 1.01. The molecule has 0 bridgehead atoms. The van der Waals surface area contributed by atoms with Crippen LogP contribution in [0.25, 0.3) is 0 Å². The van der Waals surface area contributed by atoms with E-state index in [1.165, 1.54) is 6.07 Å². The van der Waals surface area contributed by atoms with Crippen molar-refractivity contribution in [2.45, 2.75) is 44.8 Å². The average molecular weight is 545 g/mol. The van der Waals surface area contributed by atoms with Gasteiger partial charge in [-0.05, 0) is 12.1 Å². The summed E-state index contributed by atoms with van der Waals surface area (Å²) in [7, 11) is 0. The second kappa shape index (κ2) is 10.4. The van der Waals surface area contributed by atoms with Crippen molar-refractivity contribution < 1.29 is 43.9 Å². The van der Waals surface area contributed by atoms with Crippen LogP contribution >= 0.6 is 0 Å². The van der Waals surface area contributed by atoms with Gasteiger partial charge in [-0.15, -0.1) is 0 Å². The molecule has 208 valence electrons. The number of piperidine rings is 1. The summed E-state index contributed by atoms with van der Waals surface area (Å²) in [4.78, 5) is 40.0. The largest absolute Gasteiger partial charge is 0.504 e. The first kappa shape index (κ1) is 26.8. The highest BCUT2D eigenvalue weighted by Crippen LogP contribution is 2.40. The Kier molecular flexibility index (Phi) is 7.16. The van der Waals surface area contributed by atoms with Crippen molar-refractivity contribution in [1.29, 1.82) is 0 Å². The van der Waals surface area contributed by atoms with E-state index >= 15 is 4.39 Å². The van der Waals surface area contributed by atoms with Crippen molar-refractivity contribution in [3.05, 3.63) is 51.8 Å². The van der Waals surface area contributed by atoms with Crippen LogP contribution < -0.4 is 10.6 Å². The van der Waals surface area contributed by atoms with Gasteiger partial charge in [0, 0.05) is 67.0 Å². The van der Waals surface area contributed by atoms with E-state index in [1.54, 1.807) is 12.1 Å². The summed E-state index contributed by atoms with van der Waals surface area (Å²) in [6.07, 6.45) is -0.381. The highest BCUT2D eigenvalue weighted by molar-refractivity contribution is 6.07. The van der Waals surface area contributed by atoms with Crippen molar-refractivity contribution in [1.82, 2.24) is 15.1 Å². The molecular weight excluding hydrogens is 515 g/mol. The molecule has 3 amide bonds. The first-order chi connectivity index (χ1) is 18.7. The fourth-order valence-electron chi connectivity index (χ4n) is 5.26. The number of anilines is 1. The molecule has 1 unspecified atom stereocenters. The van der Waals surface area contributed by atoms with Crippen molar-refractivity contribution in [2.75, 3.05) is 31.6 Å². The third-order valence-corrected chi connectivity index (χ3v) is 7.52. The number of carbonyl (C=O) groups excluding carboxylic acids is 3. The maximum atomic E-state index is 15.7. The quantitative estimate of drug-likeness (QED) is 0.210. The molecule has 0 saturated carbocycles. The molecule has 2 aromatic carbocycles. The van der Waals surface area contributed by atoms with Crippen LogP contribution in [-0.4, -0.2) is 80.0 Å². The molecule has 0 radical (unpaired) electrons. The molecule has 6 N–H and O–H groups in total. The predicted molar refractivity (Wildman–Crippen MR) is 133 cm³/mol. The van der Waals surface area contributed by atoms with Crippen LogP contribution in [0.5, 0.6) is 11.5 Å². The number of carbonyl (C=O) groups is 3. The summed E-state index contributed by atoms with van der Waals surface area (Å²) in [5.74, 6) is -4.23. The lowest BCUT2D eigenvalue weighted by atomic mass is 9.99. The Morgan fingerprint density at radius 2 is 1.79 bits per heavy atom. The van der Waals surface area contributed by atoms with Crippen molar-refractivity contribution >= 4 is 23.4 Å². The number of hydrogen-bond donors (Lipinski definition) is 6. The predicted octanol–water partition coefficient (Wildman–Crippen LogP) is 0.254. The van der Waals surface area contributed by atoms with Crippen LogP contribution in [-0.2, 0) is 40.6 Å². The Bertz CT molecular complexity index is 1350. The fraction of sp³-hybridized carbons (Fsp3) is 0.423. The lowest BCUT2D eigenvalue weighted by Gasteiger charge is -2.37. The van der Waals surface area contributed by atoms with Crippen LogP contribution in [0.2, 0.25) is 0 Å². The van der Waals surface area contributed by atoms with Gasteiger partial charge in [-0.25, -0.2) is 4.39 Å². The molecule has 3 aliphatic rings. The highest BCUT2D eigenvalue weighted by atomic mass is 19.1. The van der Waals surface area contributed by atoms with E-state index in [1.807, 2.05) is 4.90 Å². The third kappa shape index (κ3) is 4.67. The Morgan fingerprint density at radius 1 is 1.08 bits per heavy atom. The number of nitrogens with zero attached hydrogens (tertiary/aromatic N) is 2. The zero-order chi connectivity index (χ0) is 27.9. The van der Waals surface area contributed by atoms with E-state index in [0.717, 1.165) is 4.90 Å². The first-order valence-electron chi connectivity index (χ1n) is 12.5. The Labute approximate surface area is 222 Å². The van der Waals surface area contributed by atoms with Gasteiger partial charge in [0.15, 0.2) is 11.5 Å². The van der Waals surface area contributed by atoms with Crippen molar-refractivity contribution in [2.24, 2.45) is 0 Å². The zero-order valence-electron chi connectivity index (χ0n) is 21.0. The summed E-state index contributed by atoms with van der Waals surface area (Å²) in [6, 6.07) is 4.72. The molecule has 12 nitrogen and oxygen atoms in total. The van der Waals surface area contributed by atoms with Gasteiger partial charge in [0.1, 0.15) is 5.82 Å². The van der Waals surface area contributed by atoms with Gasteiger partial charge in [0.25, 0.3) is 11.8 Å². The number of nitrogens with one attached hydrogen (secondary N) is 2. The van der Waals surface area contributed by atoms with Crippen molar-refractivity contribution in [3.8, 4) is 11.5 Å². The monoisotopic (exact) mass is 544 g/mol. The minimum Gasteiger partial charge on any atom is -0.504 e. The highest BCUT2D eigenvalue weighted by Gasteiger charge is 2.51. The number of phenolic OH excluding ortho intramolecular Hbond substituents is 1. The van der Waals surface area contributed by atoms with E-state index < -0.39 is 47.4 Å². The Hall–Kier alpha value is -3.78. The van der Waals surface area contributed by atoms with Gasteiger partial charge in [-0.3, -0.25) is 29.5 Å². The van der Waals surface area contributed by atoms with E-state index in [9.17, 15) is 34.8 Å². The number of benzene rings is 2. The first-order valence-corrected chi connectivity index (χ1v) is 12.5. The number of ether oxygens (including phenoxy) is 1. The summed E-state index contributed by atoms with van der Waals surface area (Å²) in [5, 5.41) is 47.0. The number of morpholine rings is 1. The van der Waals surface area contributed by atoms with Crippen LogP contribution in [0, 0.1) is 5.82 Å². The van der Waals surface area contributed by atoms with Gasteiger partial charge < -0.3 is 30.5 Å². The molecule has 13 heteroatoms. The smallest absolute Gasteiger partial charge is 0.279 e. The van der Waals surface area contributed by atoms with Crippen LogP contribution in [0.15, 0.2) is 18.2 Å². The Morgan fingerprint density at radius 3 is 2.49 bits per heavy atom. The molecule has 3 aliphatic heterocycles. The summed E-state index contributed by atoms with van der Waals surface area (Å²) < 4.78 is 21.1. The number of amides is 3. The molecule has 0 spiro atoms. The third-order valence-electron chi connectivity index (χ3n) is 7.52. The summed E-state index contributed by atoms with van der Waals surface area (Å²) >= 11 is 0. The van der Waals surface area contributed by atoms with Gasteiger partial charge in [-0.1, -0.05) is 6.07 Å². The molecule has 3 heterocycles. The van der Waals surface area contributed by atoms with Gasteiger partial charge in [0.2, 0.25) is 11.6 Å². The molecule has 39 heavy (non-hydrogen) atoms. The van der Waals surface area contributed by atoms with Crippen LogP contribution in [0.1, 0.15) is 45.5 Å². The second-order valence-electron chi connectivity index (χ2n) is 9.76. The van der Waals surface area contributed by atoms with E-state index in [0.29, 0.717) is 37.6 Å². The molecule has 2 saturated heterocycles. The lowest BCUT2D eigenvalue weighted by molar-refractivity contribution is -0.167. The van der Waals surface area contributed by atoms with Gasteiger partial charge >= 0.3 is 0 Å². The average Bonchev–Trinajstić information content (AvgIpc) is 3.28. The summed E-state index contributed by atoms with van der Waals surface area (Å²) in [5.41, 5.74) is -1.43.